The van der Waals surface area contributed by atoms with Crippen molar-refractivity contribution in [2.24, 2.45) is 0 Å². The number of piperidine rings is 1. The fourth-order valence-corrected chi connectivity index (χ4v) is 4.67. The zero-order valence-corrected chi connectivity index (χ0v) is 17.6. The highest BCUT2D eigenvalue weighted by molar-refractivity contribution is 7.12. The van der Waals surface area contributed by atoms with Gasteiger partial charge in [0, 0.05) is 19.3 Å². The van der Waals surface area contributed by atoms with Gasteiger partial charge in [-0.25, -0.2) is 4.63 Å². The van der Waals surface area contributed by atoms with Crippen LogP contribution in [0.5, 0.6) is 0 Å². The van der Waals surface area contributed by atoms with Crippen molar-refractivity contribution in [3.05, 3.63) is 51.4 Å². The maximum absolute atomic E-state index is 12.8. The molecule has 1 N–H and O–H groups in total. The summed E-state index contributed by atoms with van der Waals surface area (Å²) in [7, 11) is 0. The lowest BCUT2D eigenvalue weighted by molar-refractivity contribution is 0.103. The lowest BCUT2D eigenvalue weighted by atomic mass is 10.1. The fraction of sp³-hybridized carbons (Fsp3) is 0.300. The number of hydrogen-bond donors (Lipinski definition) is 1. The van der Waals surface area contributed by atoms with Crippen molar-refractivity contribution in [2.75, 3.05) is 23.3 Å². The second-order valence-corrected chi connectivity index (χ2v) is 8.62. The first-order valence-corrected chi connectivity index (χ1v) is 11.0. The third kappa shape index (κ3) is 3.78. The highest BCUT2D eigenvalue weighted by Gasteiger charge is 2.20. The quantitative estimate of drug-likeness (QED) is 0.492. The number of anilines is 2. The Bertz CT molecular complexity index is 1190. The largest absolute Gasteiger partial charge is 0.370 e. The van der Waals surface area contributed by atoms with Gasteiger partial charge in [-0.3, -0.25) is 9.48 Å². The summed E-state index contributed by atoms with van der Waals surface area (Å²) in [5, 5.41) is 17.8. The van der Waals surface area contributed by atoms with Crippen molar-refractivity contribution >= 4 is 51.3 Å². The average molecular weight is 443 g/mol. The molecule has 0 saturated carbocycles. The molecule has 0 unspecified atom stereocenters. The molecule has 1 aliphatic heterocycles. The zero-order chi connectivity index (χ0) is 20.5. The standard InChI is InChI=1S/C20H19ClN6O2S/c21-14-9-22-27(11-14)10-13-8-17(30-12-13)20(28)23-15-4-5-16(19-18(15)24-29-25-19)26-6-2-1-3-7-26/h4-5,8-9,11-12H,1-3,6-7,10H2,(H,23,28). The molecular formula is C20H19ClN6O2S. The van der Waals surface area contributed by atoms with Gasteiger partial charge in [-0.1, -0.05) is 11.6 Å². The lowest BCUT2D eigenvalue weighted by Gasteiger charge is -2.28. The summed E-state index contributed by atoms with van der Waals surface area (Å²) in [5.74, 6) is -0.195. The van der Waals surface area contributed by atoms with Crippen LogP contribution in [0.15, 0.2) is 40.6 Å². The van der Waals surface area contributed by atoms with Crippen molar-refractivity contribution in [1.82, 2.24) is 20.1 Å². The molecular weight excluding hydrogens is 424 g/mol. The van der Waals surface area contributed by atoms with E-state index in [-0.39, 0.29) is 5.91 Å². The lowest BCUT2D eigenvalue weighted by Crippen LogP contribution is -2.29. The van der Waals surface area contributed by atoms with Crippen LogP contribution >= 0.6 is 22.9 Å². The Hall–Kier alpha value is -2.91. The number of nitrogens with one attached hydrogen (secondary N) is 1. The van der Waals surface area contributed by atoms with E-state index < -0.39 is 0 Å². The predicted molar refractivity (Wildman–Crippen MR) is 116 cm³/mol. The molecule has 3 aromatic heterocycles. The van der Waals surface area contributed by atoms with E-state index in [1.807, 2.05) is 23.6 Å². The number of carbonyl (C=O) groups excluding carboxylic acids is 1. The number of halogens is 1. The summed E-state index contributed by atoms with van der Waals surface area (Å²) in [5.41, 5.74) is 3.82. The zero-order valence-electron chi connectivity index (χ0n) is 16.0. The van der Waals surface area contributed by atoms with Crippen LogP contribution in [0.25, 0.3) is 11.0 Å². The van der Waals surface area contributed by atoms with Crippen LogP contribution in [0, 0.1) is 0 Å². The Kier molecular flexibility index (Phi) is 5.14. The van der Waals surface area contributed by atoms with Gasteiger partial charge in [0.15, 0.2) is 11.0 Å². The molecule has 1 aliphatic rings. The molecule has 154 valence electrons. The second-order valence-electron chi connectivity index (χ2n) is 7.27. The molecule has 0 bridgehead atoms. The SMILES string of the molecule is O=C(Nc1ccc(N2CCCCC2)c2nonc12)c1cc(Cn2cc(Cl)cn2)cs1. The number of hydrogen-bond acceptors (Lipinski definition) is 7. The van der Waals surface area contributed by atoms with Gasteiger partial charge < -0.3 is 10.2 Å². The normalized spacial score (nSPS) is 14.4. The number of carbonyl (C=O) groups is 1. The van der Waals surface area contributed by atoms with Gasteiger partial charge in [-0.2, -0.15) is 5.10 Å². The maximum atomic E-state index is 12.8. The van der Waals surface area contributed by atoms with Gasteiger partial charge in [0.1, 0.15) is 0 Å². The fourth-order valence-electron chi connectivity index (χ4n) is 3.72. The molecule has 10 heteroatoms. The Morgan fingerprint density at radius 2 is 2.03 bits per heavy atom. The minimum absolute atomic E-state index is 0.195. The van der Waals surface area contributed by atoms with E-state index in [0.29, 0.717) is 33.2 Å². The number of benzene rings is 1. The van der Waals surface area contributed by atoms with Gasteiger partial charge in [0.05, 0.1) is 34.0 Å². The Labute approximate surface area is 181 Å². The summed E-state index contributed by atoms with van der Waals surface area (Å²) < 4.78 is 6.73. The number of fused-ring (bicyclic) bond motifs is 1. The van der Waals surface area contributed by atoms with E-state index in [0.717, 1.165) is 37.2 Å². The molecule has 30 heavy (non-hydrogen) atoms. The van der Waals surface area contributed by atoms with E-state index >= 15 is 0 Å². The molecule has 4 heterocycles. The summed E-state index contributed by atoms with van der Waals surface area (Å²) in [6, 6.07) is 5.71. The summed E-state index contributed by atoms with van der Waals surface area (Å²) in [6.45, 7) is 2.54. The molecule has 1 amide bonds. The monoisotopic (exact) mass is 442 g/mol. The van der Waals surface area contributed by atoms with Crippen molar-refractivity contribution < 1.29 is 9.42 Å². The summed E-state index contributed by atoms with van der Waals surface area (Å²) >= 11 is 7.29. The third-order valence-electron chi connectivity index (χ3n) is 5.16. The number of rotatable bonds is 5. The first-order chi connectivity index (χ1) is 14.7. The highest BCUT2D eigenvalue weighted by Crippen LogP contribution is 2.32. The minimum atomic E-state index is -0.195. The van der Waals surface area contributed by atoms with E-state index in [9.17, 15) is 4.79 Å². The van der Waals surface area contributed by atoms with Crippen molar-refractivity contribution in [3.63, 3.8) is 0 Å². The smallest absolute Gasteiger partial charge is 0.265 e. The molecule has 1 fully saturated rings. The van der Waals surface area contributed by atoms with E-state index in [1.54, 1.807) is 17.1 Å². The number of thiophene rings is 1. The van der Waals surface area contributed by atoms with Crippen LogP contribution in [0.2, 0.25) is 5.02 Å². The molecule has 4 aromatic rings. The van der Waals surface area contributed by atoms with Gasteiger partial charge in [0.2, 0.25) is 0 Å². The van der Waals surface area contributed by atoms with Crippen LogP contribution in [0.1, 0.15) is 34.5 Å². The maximum Gasteiger partial charge on any atom is 0.265 e. The van der Waals surface area contributed by atoms with Crippen molar-refractivity contribution in [1.29, 1.82) is 0 Å². The van der Waals surface area contributed by atoms with Crippen LogP contribution in [-0.2, 0) is 6.54 Å². The van der Waals surface area contributed by atoms with E-state index in [2.05, 4.69) is 25.6 Å². The first-order valence-electron chi connectivity index (χ1n) is 9.74. The molecule has 0 spiro atoms. The second kappa shape index (κ2) is 8.08. The topological polar surface area (TPSA) is 89.1 Å². The predicted octanol–water partition coefficient (Wildman–Crippen LogP) is 4.43. The Morgan fingerprint density at radius 3 is 2.83 bits per heavy atom. The van der Waals surface area contributed by atoms with Crippen LogP contribution in [0.4, 0.5) is 11.4 Å². The third-order valence-corrected chi connectivity index (χ3v) is 6.34. The average Bonchev–Trinajstić information content (AvgIpc) is 3.50. The molecule has 1 aromatic carbocycles. The number of amides is 1. The van der Waals surface area contributed by atoms with Gasteiger partial charge in [-0.15, -0.1) is 11.3 Å². The van der Waals surface area contributed by atoms with Gasteiger partial charge in [0.25, 0.3) is 5.91 Å². The first kappa shape index (κ1) is 19.1. The van der Waals surface area contributed by atoms with Crippen molar-refractivity contribution in [2.45, 2.75) is 25.8 Å². The summed E-state index contributed by atoms with van der Waals surface area (Å²) in [6.07, 6.45) is 6.91. The minimum Gasteiger partial charge on any atom is -0.370 e. The molecule has 0 radical (unpaired) electrons. The molecule has 5 rings (SSSR count). The molecule has 1 saturated heterocycles. The molecule has 0 atom stereocenters. The number of nitrogens with zero attached hydrogens (tertiary/aromatic N) is 5. The molecule has 8 nitrogen and oxygen atoms in total. The Morgan fingerprint density at radius 1 is 1.20 bits per heavy atom. The van der Waals surface area contributed by atoms with Crippen LogP contribution < -0.4 is 10.2 Å². The van der Waals surface area contributed by atoms with Gasteiger partial charge in [-0.05, 0) is 58.7 Å². The van der Waals surface area contributed by atoms with Gasteiger partial charge >= 0.3 is 0 Å². The van der Waals surface area contributed by atoms with Crippen LogP contribution in [0.3, 0.4) is 0 Å². The highest BCUT2D eigenvalue weighted by atomic mass is 35.5. The van der Waals surface area contributed by atoms with E-state index in [4.69, 9.17) is 16.2 Å². The van der Waals surface area contributed by atoms with Crippen molar-refractivity contribution in [3.8, 4) is 0 Å². The van der Waals surface area contributed by atoms with E-state index in [1.165, 1.54) is 17.8 Å². The summed E-state index contributed by atoms with van der Waals surface area (Å²) in [4.78, 5) is 15.7. The van der Waals surface area contributed by atoms with Crippen LogP contribution in [-0.4, -0.2) is 39.1 Å². The number of aromatic nitrogens is 4. The molecule has 0 aliphatic carbocycles. The Balaban J connectivity index is 1.34.